The van der Waals surface area contributed by atoms with Crippen molar-refractivity contribution in [2.24, 2.45) is 16.2 Å². The van der Waals surface area contributed by atoms with E-state index in [-0.39, 0.29) is 87.5 Å². The van der Waals surface area contributed by atoms with E-state index in [1.165, 1.54) is 29.9 Å². The van der Waals surface area contributed by atoms with Crippen molar-refractivity contribution in [3.8, 4) is 56.5 Å². The number of aromatic amines is 3. The Morgan fingerprint density at radius 3 is 1.28 bits per heavy atom. The van der Waals surface area contributed by atoms with Crippen LogP contribution in [0.4, 0.5) is 34.6 Å². The molecule has 3 atom stereocenters. The topological polar surface area (TPSA) is 349 Å². The van der Waals surface area contributed by atoms with Crippen molar-refractivity contribution in [3.05, 3.63) is 258 Å². The van der Waals surface area contributed by atoms with Crippen LogP contribution in [-0.4, -0.2) is 264 Å². The van der Waals surface area contributed by atoms with Crippen molar-refractivity contribution in [2.45, 2.75) is 107 Å². The molecule has 0 bridgehead atoms. The highest BCUT2D eigenvalue weighted by Gasteiger charge is 2.50. The van der Waals surface area contributed by atoms with Gasteiger partial charge >= 0.3 is 6.61 Å². The maximum absolute atomic E-state index is 16.1. The number of amides is 6. The predicted octanol–water partition coefficient (Wildman–Crippen LogP) is 17.0. The number of hydrogen-bond donors (Lipinski definition) is 6. The summed E-state index contributed by atoms with van der Waals surface area (Å²) in [5.74, 6) is 1.81. The normalized spacial score (nSPS) is 19.9. The number of aromatic nitrogens is 12. The lowest BCUT2D eigenvalue weighted by molar-refractivity contribution is -0.159. The molecule has 14 aromatic rings. The Morgan fingerprint density at radius 2 is 0.854 bits per heavy atom. The second-order valence-electron chi connectivity index (χ2n) is 39.2. The van der Waals surface area contributed by atoms with E-state index in [0.717, 1.165) is 133 Å². The summed E-state index contributed by atoms with van der Waals surface area (Å²) >= 11 is 1.80. The second kappa shape index (κ2) is 42.8. The van der Waals surface area contributed by atoms with Crippen molar-refractivity contribution in [2.75, 3.05) is 148 Å². The Hall–Kier alpha value is -14.1. The number of halogens is 4. The van der Waals surface area contributed by atoms with Crippen molar-refractivity contribution in [3.63, 3.8) is 0 Å². The van der Waals surface area contributed by atoms with E-state index < -0.39 is 41.0 Å². The summed E-state index contributed by atoms with van der Waals surface area (Å²) in [7, 11) is 3.20. The number of rotatable bonds is 29. The van der Waals surface area contributed by atoms with E-state index in [1.54, 1.807) is 109 Å². The largest absolute Gasteiger partial charge is 0.384 e. The average Bonchev–Trinajstić information content (AvgIpc) is 1.67. The Bertz CT molecular complexity index is 6980. The Labute approximate surface area is 833 Å². The standard InChI is InChI=1S/C39H38F2N8O3.C39H41FN8O3.C31H34FN5O3S/c40-38(41)52-24-39(37(51)45-30-8-9-32-31(21-30)35(47-46-32)29-10-16-42-33(20-29)27-4-5-27)13-19-48(23-39)22-34(50)49-17-11-26(12-18-49)25-2-6-28(7-3-25)36-43-14-1-15-44-36;1-51-25-38(37(50)44-30-9-10-32-31(22-30)35(46-45-32)28-11-17-41-33(21-28)26-3-4-26)12-18-47(24-38)23-34(49)48-19-13-39(40,14-20-48)29-7-5-27(6-8-29)36-42-15-2-16-43-36;1-40-20-31(12-15-36(19-31)18-28(38)37-13-10-21(11-14-37)27-3-2-16-41-27)30(39)33-24-8-9-26-25(17-24)29(35-34-26)22-4-6-23(32)7-5-22/h1-3,6-11,14-16,20-21,27,38H,4-5,12-13,17-19,22-24H2,(H,45,51)(H,46,47);2,5-11,15-17,21-22,26H,3-4,12-14,18-20,23-25H2,1H3,(H,44,50)(H,45,46);2-9,16-17,21H,10-15,18-20H2,1H3,(H,33,39)(H,34,35)/t;38-;/m.1./s1. The fraction of sp³-hybridized carbons (Fsp3) is 0.367. The average molecular weight is 1970 g/mol. The number of benzene rings is 6. The Balaban J connectivity index is 0.000000133. The number of nitrogens with one attached hydrogen (secondary N) is 6. The highest BCUT2D eigenvalue weighted by molar-refractivity contribution is 7.10. The molecule has 6 amide bonds. The van der Waals surface area contributed by atoms with Crippen LogP contribution in [0.5, 0.6) is 0 Å². The smallest absolute Gasteiger partial charge is 0.345 e. The zero-order chi connectivity index (χ0) is 99.1. The molecule has 2 aliphatic carbocycles. The summed E-state index contributed by atoms with van der Waals surface area (Å²) in [6.07, 6.45) is 21.7. The van der Waals surface area contributed by atoms with Crippen LogP contribution in [0.1, 0.15) is 122 Å². The van der Waals surface area contributed by atoms with Crippen LogP contribution >= 0.6 is 11.3 Å². The summed E-state index contributed by atoms with van der Waals surface area (Å²) in [6, 6.07) is 54.2. The molecule has 0 radical (unpaired) electrons. The molecule has 742 valence electrons. The zero-order valence-corrected chi connectivity index (χ0v) is 81.0. The first-order valence-electron chi connectivity index (χ1n) is 49.2. The van der Waals surface area contributed by atoms with E-state index in [1.807, 2.05) is 118 Å². The summed E-state index contributed by atoms with van der Waals surface area (Å²) < 4.78 is 72.1. The molecule has 144 heavy (non-hydrogen) atoms. The number of nitrogens with zero attached hydrogens (tertiary/aromatic N) is 15. The molecule has 6 aliphatic heterocycles. The number of piperidine rings is 2. The molecule has 2 unspecified atom stereocenters. The third-order valence-electron chi connectivity index (χ3n) is 29.4. The lowest BCUT2D eigenvalue weighted by atomic mass is 9.85. The first-order chi connectivity index (χ1) is 70.1. The van der Waals surface area contributed by atoms with E-state index in [0.29, 0.717) is 142 Å². The molecule has 8 aliphatic rings. The minimum atomic E-state index is -3.02. The van der Waals surface area contributed by atoms with Gasteiger partial charge in [-0.15, -0.1) is 11.3 Å². The third-order valence-corrected chi connectivity index (χ3v) is 30.4. The molecule has 5 saturated heterocycles. The minimum Gasteiger partial charge on any atom is -0.384 e. The van der Waals surface area contributed by atoms with Gasteiger partial charge in [-0.05, 0) is 233 Å². The van der Waals surface area contributed by atoms with E-state index in [9.17, 15) is 41.9 Å². The molecule has 30 nitrogen and oxygen atoms in total. The van der Waals surface area contributed by atoms with Gasteiger partial charge in [0.15, 0.2) is 11.6 Å². The first-order valence-corrected chi connectivity index (χ1v) is 50.1. The summed E-state index contributed by atoms with van der Waals surface area (Å²) in [5.41, 5.74) is 11.7. The number of pyridine rings is 2. The van der Waals surface area contributed by atoms with Crippen LogP contribution < -0.4 is 16.0 Å². The minimum absolute atomic E-state index is 0.0545. The fourth-order valence-electron chi connectivity index (χ4n) is 20.9. The van der Waals surface area contributed by atoms with Gasteiger partial charge in [0.2, 0.25) is 35.4 Å². The molecular formula is C109H113F4N21O9S. The molecule has 6 N–H and O–H groups in total. The van der Waals surface area contributed by atoms with Crippen molar-refractivity contribution in [1.29, 1.82) is 0 Å². The lowest BCUT2D eigenvalue weighted by Crippen LogP contribution is -2.48. The number of ether oxygens (including phenoxy) is 3. The quantitative estimate of drug-likeness (QED) is 0.0237. The zero-order valence-electron chi connectivity index (χ0n) is 80.2. The fourth-order valence-corrected chi connectivity index (χ4v) is 21.8. The van der Waals surface area contributed by atoms with Crippen LogP contribution in [-0.2, 0) is 48.6 Å². The number of H-pyrrole nitrogens is 3. The number of likely N-dealkylation sites (tertiary alicyclic amines) is 5. The number of fused-ring (bicyclic) bond motifs is 3. The van der Waals surface area contributed by atoms with E-state index >= 15 is 4.39 Å². The molecule has 2 saturated carbocycles. The van der Waals surface area contributed by atoms with Gasteiger partial charge in [0.05, 0.1) is 77.9 Å². The van der Waals surface area contributed by atoms with Crippen molar-refractivity contribution < 1.29 is 60.5 Å². The second-order valence-corrected chi connectivity index (χ2v) is 40.1. The molecule has 6 aromatic carbocycles. The number of alkyl halides is 3. The molecule has 0 spiro atoms. The van der Waals surface area contributed by atoms with Crippen LogP contribution in [0.15, 0.2) is 225 Å². The van der Waals surface area contributed by atoms with Crippen LogP contribution in [0.25, 0.3) is 94.8 Å². The van der Waals surface area contributed by atoms with Gasteiger partial charge in [-0.1, -0.05) is 60.7 Å². The maximum Gasteiger partial charge on any atom is 0.345 e. The third kappa shape index (κ3) is 22.0. The molecule has 7 fully saturated rings. The maximum atomic E-state index is 16.1. The highest BCUT2D eigenvalue weighted by atomic mass is 32.1. The van der Waals surface area contributed by atoms with E-state index in [4.69, 9.17) is 14.2 Å². The Kier molecular flexibility index (Phi) is 29.0. The Morgan fingerprint density at radius 1 is 0.431 bits per heavy atom. The SMILES string of the molecule is COCC1(C(=O)Nc2ccc3[nH]nc(-c4ccc(F)cc4)c3c2)CCN(CC(=O)N2CCC(c3cccs3)CC2)C1.COC[C@@]1(C(=O)Nc2ccc3[nH]nc(-c4ccnc(C5CC5)c4)c3c2)CCN(CC(=O)N2CCC(F)(c3ccc(-c4ncccn4)cc3)CC2)C1.O=C(CN1CCC(COC(F)F)(C(=O)Nc2ccc3[nH]nc(-c4ccnc(C5CC5)c4)c3c2)C1)N1CC=C(c2ccc(-c3ncccn3)cc2)CC1. The molecular weight excluding hydrogens is 1860 g/mol. The predicted molar refractivity (Wildman–Crippen MR) is 542 cm³/mol. The van der Waals surface area contributed by atoms with Crippen molar-refractivity contribution in [1.82, 2.24) is 89.9 Å². The van der Waals surface area contributed by atoms with Gasteiger partial charge in [0.1, 0.15) is 22.9 Å². The number of methoxy groups -OCH3 is 2. The van der Waals surface area contributed by atoms with Crippen LogP contribution in [0, 0.1) is 22.1 Å². The lowest BCUT2D eigenvalue weighted by Gasteiger charge is -2.37. The van der Waals surface area contributed by atoms with Gasteiger partial charge in [-0.3, -0.25) is 68.7 Å². The number of anilines is 3. The number of carbonyl (C=O) groups excluding carboxylic acids is 6. The molecule has 35 heteroatoms. The molecule has 14 heterocycles. The summed E-state index contributed by atoms with van der Waals surface area (Å²) in [6.45, 7) is 3.39. The number of hydrogen-bond acceptors (Lipinski definition) is 22. The van der Waals surface area contributed by atoms with Gasteiger partial charge in [-0.2, -0.15) is 24.1 Å². The van der Waals surface area contributed by atoms with Crippen LogP contribution in [0.2, 0.25) is 0 Å². The number of carbonyl (C=O) groups is 6. The van der Waals surface area contributed by atoms with Gasteiger partial charge < -0.3 is 44.9 Å². The van der Waals surface area contributed by atoms with E-state index in [2.05, 4.69) is 117 Å². The van der Waals surface area contributed by atoms with Crippen LogP contribution in [0.3, 0.4) is 0 Å². The van der Waals surface area contributed by atoms with Gasteiger partial charge in [0.25, 0.3) is 0 Å². The monoisotopic (exact) mass is 1970 g/mol. The summed E-state index contributed by atoms with van der Waals surface area (Å²) in [4.78, 5) is 121. The summed E-state index contributed by atoms with van der Waals surface area (Å²) in [5, 5.41) is 36.6. The number of thiophene rings is 1. The van der Waals surface area contributed by atoms with Gasteiger partial charge in [0, 0.05) is 212 Å². The van der Waals surface area contributed by atoms with Gasteiger partial charge in [-0.25, -0.2) is 28.7 Å². The molecule has 8 aromatic heterocycles. The van der Waals surface area contributed by atoms with Crippen molar-refractivity contribution >= 4 is 102 Å². The highest BCUT2D eigenvalue weighted by Crippen LogP contribution is 2.46. The molecule has 22 rings (SSSR count). The first kappa shape index (κ1) is 97.4.